The van der Waals surface area contributed by atoms with E-state index < -0.39 is 0 Å². The van der Waals surface area contributed by atoms with E-state index in [1.165, 1.54) is 5.56 Å². The van der Waals surface area contributed by atoms with Crippen LogP contribution in [0.25, 0.3) is 0 Å². The molecule has 0 heterocycles. The molecule has 0 spiro atoms. The number of nitrogens with two attached hydrogens (primary N) is 1. The third-order valence-electron chi connectivity index (χ3n) is 2.57. The zero-order valence-corrected chi connectivity index (χ0v) is 9.81. The summed E-state index contributed by atoms with van der Waals surface area (Å²) < 4.78 is 5.27. The molecule has 3 heteroatoms. The molecule has 0 radical (unpaired) electrons. The fourth-order valence-corrected chi connectivity index (χ4v) is 1.62. The summed E-state index contributed by atoms with van der Waals surface area (Å²) in [5, 5.41) is 3.33. The van der Waals surface area contributed by atoms with E-state index in [0.29, 0.717) is 0 Å². The molecular formula is C14H16N2O. The second-order valence-electron chi connectivity index (χ2n) is 3.80. The van der Waals surface area contributed by atoms with Crippen molar-refractivity contribution in [1.29, 1.82) is 0 Å². The summed E-state index contributed by atoms with van der Waals surface area (Å²) in [4.78, 5) is 0. The van der Waals surface area contributed by atoms with E-state index in [1.807, 2.05) is 48.5 Å². The van der Waals surface area contributed by atoms with Gasteiger partial charge in [-0.25, -0.2) is 0 Å². The molecule has 0 saturated heterocycles. The number of rotatable bonds is 4. The van der Waals surface area contributed by atoms with Crippen molar-refractivity contribution in [3.05, 3.63) is 54.1 Å². The minimum Gasteiger partial charge on any atom is -0.495 e. The normalized spacial score (nSPS) is 9.94. The van der Waals surface area contributed by atoms with Gasteiger partial charge in [0.15, 0.2) is 0 Å². The van der Waals surface area contributed by atoms with Gasteiger partial charge in [-0.3, -0.25) is 0 Å². The predicted octanol–water partition coefficient (Wildman–Crippen LogP) is 2.89. The summed E-state index contributed by atoms with van der Waals surface area (Å²) in [5.74, 6) is 0.850. The highest BCUT2D eigenvalue weighted by molar-refractivity contribution is 5.56. The van der Waals surface area contributed by atoms with Crippen molar-refractivity contribution in [2.75, 3.05) is 18.2 Å². The second-order valence-corrected chi connectivity index (χ2v) is 3.80. The molecule has 0 aromatic heterocycles. The van der Waals surface area contributed by atoms with Crippen LogP contribution in [0.4, 0.5) is 11.4 Å². The van der Waals surface area contributed by atoms with E-state index in [9.17, 15) is 0 Å². The van der Waals surface area contributed by atoms with Gasteiger partial charge in [-0.2, -0.15) is 0 Å². The molecule has 0 aliphatic heterocycles. The zero-order chi connectivity index (χ0) is 12.1. The standard InChI is InChI=1S/C14H16N2O/c1-17-14-5-3-2-4-13(14)16-10-11-6-8-12(15)9-7-11/h2-9,16H,10,15H2,1H3. The number of ether oxygens (including phenoxy) is 1. The molecule has 88 valence electrons. The predicted molar refractivity (Wildman–Crippen MR) is 71.2 cm³/mol. The quantitative estimate of drug-likeness (QED) is 0.791. The molecule has 2 rings (SSSR count). The number of nitrogen functional groups attached to an aromatic ring is 1. The van der Waals surface area contributed by atoms with Gasteiger partial charge in [0, 0.05) is 12.2 Å². The maximum Gasteiger partial charge on any atom is 0.141 e. The molecule has 2 aromatic rings. The van der Waals surface area contributed by atoms with Crippen molar-refractivity contribution in [2.24, 2.45) is 0 Å². The number of hydrogen-bond donors (Lipinski definition) is 2. The van der Waals surface area contributed by atoms with Crippen LogP contribution < -0.4 is 15.8 Å². The Morgan fingerprint density at radius 2 is 1.76 bits per heavy atom. The van der Waals surface area contributed by atoms with Crippen LogP contribution in [0, 0.1) is 0 Å². The lowest BCUT2D eigenvalue weighted by Gasteiger charge is -2.10. The van der Waals surface area contributed by atoms with Crippen LogP contribution in [0.1, 0.15) is 5.56 Å². The van der Waals surface area contributed by atoms with E-state index in [-0.39, 0.29) is 0 Å². The molecule has 17 heavy (non-hydrogen) atoms. The van der Waals surface area contributed by atoms with Gasteiger partial charge in [-0.05, 0) is 29.8 Å². The van der Waals surface area contributed by atoms with Gasteiger partial charge in [0.2, 0.25) is 0 Å². The number of anilines is 2. The number of nitrogens with one attached hydrogen (secondary N) is 1. The molecule has 0 aliphatic rings. The summed E-state index contributed by atoms with van der Waals surface area (Å²) >= 11 is 0. The van der Waals surface area contributed by atoms with Gasteiger partial charge in [0.1, 0.15) is 5.75 Å². The highest BCUT2D eigenvalue weighted by Crippen LogP contribution is 2.23. The highest BCUT2D eigenvalue weighted by atomic mass is 16.5. The first-order valence-corrected chi connectivity index (χ1v) is 5.51. The number of methoxy groups -OCH3 is 1. The summed E-state index contributed by atoms with van der Waals surface area (Å²) in [7, 11) is 1.67. The molecule has 3 N–H and O–H groups in total. The van der Waals surface area contributed by atoms with E-state index in [4.69, 9.17) is 10.5 Å². The molecule has 0 amide bonds. The van der Waals surface area contributed by atoms with Crippen LogP contribution in [0.2, 0.25) is 0 Å². The molecule has 3 nitrogen and oxygen atoms in total. The lowest BCUT2D eigenvalue weighted by molar-refractivity contribution is 0.416. The summed E-state index contributed by atoms with van der Waals surface area (Å²) in [6.07, 6.45) is 0. The van der Waals surface area contributed by atoms with E-state index in [0.717, 1.165) is 23.7 Å². The fraction of sp³-hybridized carbons (Fsp3) is 0.143. The summed E-state index contributed by atoms with van der Waals surface area (Å²) in [6, 6.07) is 15.7. The summed E-state index contributed by atoms with van der Waals surface area (Å²) in [5.41, 5.74) is 8.60. The Hall–Kier alpha value is -2.16. The van der Waals surface area contributed by atoms with Crippen molar-refractivity contribution in [3.63, 3.8) is 0 Å². The van der Waals surface area contributed by atoms with Crippen LogP contribution in [-0.2, 0) is 6.54 Å². The Morgan fingerprint density at radius 1 is 1.06 bits per heavy atom. The maximum absolute atomic E-state index is 5.64. The lowest BCUT2D eigenvalue weighted by Crippen LogP contribution is -2.01. The Bertz CT molecular complexity index is 480. The molecular weight excluding hydrogens is 212 g/mol. The average molecular weight is 228 g/mol. The first kappa shape index (κ1) is 11.3. The van der Waals surface area contributed by atoms with Gasteiger partial charge < -0.3 is 15.8 Å². The van der Waals surface area contributed by atoms with Crippen molar-refractivity contribution >= 4 is 11.4 Å². The van der Waals surface area contributed by atoms with Gasteiger partial charge in [-0.1, -0.05) is 24.3 Å². The first-order chi connectivity index (χ1) is 8.29. The minimum absolute atomic E-state index is 0.751. The Balaban J connectivity index is 2.04. The van der Waals surface area contributed by atoms with Crippen molar-refractivity contribution in [1.82, 2.24) is 0 Å². The Labute approximate surface area is 101 Å². The van der Waals surface area contributed by atoms with Crippen molar-refractivity contribution < 1.29 is 4.74 Å². The van der Waals surface area contributed by atoms with E-state index in [1.54, 1.807) is 7.11 Å². The third-order valence-corrected chi connectivity index (χ3v) is 2.57. The molecule has 0 aliphatic carbocycles. The third kappa shape index (κ3) is 2.91. The molecule has 0 fully saturated rings. The smallest absolute Gasteiger partial charge is 0.141 e. The summed E-state index contributed by atoms with van der Waals surface area (Å²) in [6.45, 7) is 0.751. The fourth-order valence-electron chi connectivity index (χ4n) is 1.62. The lowest BCUT2D eigenvalue weighted by atomic mass is 10.2. The zero-order valence-electron chi connectivity index (χ0n) is 9.81. The Morgan fingerprint density at radius 3 is 2.47 bits per heavy atom. The van der Waals surface area contributed by atoms with Crippen LogP contribution in [0.5, 0.6) is 5.75 Å². The van der Waals surface area contributed by atoms with Gasteiger partial charge >= 0.3 is 0 Å². The van der Waals surface area contributed by atoms with Gasteiger partial charge in [-0.15, -0.1) is 0 Å². The first-order valence-electron chi connectivity index (χ1n) is 5.51. The van der Waals surface area contributed by atoms with Gasteiger partial charge in [0.25, 0.3) is 0 Å². The van der Waals surface area contributed by atoms with Crippen molar-refractivity contribution in [3.8, 4) is 5.75 Å². The average Bonchev–Trinajstić information content (AvgIpc) is 2.38. The van der Waals surface area contributed by atoms with E-state index >= 15 is 0 Å². The van der Waals surface area contributed by atoms with E-state index in [2.05, 4.69) is 5.32 Å². The van der Waals surface area contributed by atoms with Crippen LogP contribution in [-0.4, -0.2) is 7.11 Å². The monoisotopic (exact) mass is 228 g/mol. The van der Waals surface area contributed by atoms with Crippen LogP contribution in [0.3, 0.4) is 0 Å². The molecule has 0 unspecified atom stereocenters. The Kier molecular flexibility index (Phi) is 3.50. The molecule has 0 saturated carbocycles. The number of hydrogen-bond acceptors (Lipinski definition) is 3. The number of benzene rings is 2. The van der Waals surface area contributed by atoms with Crippen molar-refractivity contribution in [2.45, 2.75) is 6.54 Å². The minimum atomic E-state index is 0.751. The number of para-hydroxylation sites is 2. The van der Waals surface area contributed by atoms with Gasteiger partial charge in [0.05, 0.1) is 12.8 Å². The maximum atomic E-state index is 5.64. The highest BCUT2D eigenvalue weighted by Gasteiger charge is 2.00. The second kappa shape index (κ2) is 5.25. The molecule has 2 aromatic carbocycles. The van der Waals surface area contributed by atoms with Crippen LogP contribution >= 0.6 is 0 Å². The topological polar surface area (TPSA) is 47.3 Å². The molecule has 0 atom stereocenters. The van der Waals surface area contributed by atoms with Crippen LogP contribution in [0.15, 0.2) is 48.5 Å². The largest absolute Gasteiger partial charge is 0.495 e. The SMILES string of the molecule is COc1ccccc1NCc1ccc(N)cc1. The molecule has 0 bridgehead atoms.